The number of nitrogens with zero attached hydrogens (tertiary/aromatic N) is 1. The molecule has 0 aliphatic carbocycles. The first kappa shape index (κ1) is 16.4. The zero-order valence-corrected chi connectivity index (χ0v) is 13.0. The van der Waals surface area contributed by atoms with Gasteiger partial charge in [-0.3, -0.25) is 9.79 Å². The van der Waals surface area contributed by atoms with Crippen molar-refractivity contribution in [3.05, 3.63) is 48.0 Å². The molecule has 0 saturated carbocycles. The van der Waals surface area contributed by atoms with E-state index in [9.17, 15) is 4.79 Å². The number of primary amides is 1. The molecule has 0 atom stereocenters. The van der Waals surface area contributed by atoms with Crippen molar-refractivity contribution in [2.24, 2.45) is 10.7 Å². The molecule has 0 aliphatic heterocycles. The number of hydrogen-bond acceptors (Lipinski definition) is 5. The largest absolute Gasteiger partial charge is 0.497 e. The average molecular weight is 314 g/mol. The summed E-state index contributed by atoms with van der Waals surface area (Å²) in [5.74, 6) is 1.19. The van der Waals surface area contributed by atoms with Crippen LogP contribution in [0.1, 0.15) is 5.56 Å². The van der Waals surface area contributed by atoms with Gasteiger partial charge >= 0.3 is 0 Å². The Balaban J connectivity index is 2.12. The molecule has 0 aliphatic rings. The number of rotatable bonds is 7. The summed E-state index contributed by atoms with van der Waals surface area (Å²) >= 11 is 0. The van der Waals surface area contributed by atoms with Gasteiger partial charge < -0.3 is 19.9 Å². The number of ether oxygens (including phenoxy) is 3. The highest BCUT2D eigenvalue weighted by Crippen LogP contribution is 2.27. The highest BCUT2D eigenvalue weighted by molar-refractivity contribution is 5.83. The van der Waals surface area contributed by atoms with Gasteiger partial charge in [-0.25, -0.2) is 0 Å². The third-order valence-corrected chi connectivity index (χ3v) is 2.99. The van der Waals surface area contributed by atoms with Crippen molar-refractivity contribution >= 4 is 17.8 Å². The van der Waals surface area contributed by atoms with E-state index in [0.29, 0.717) is 11.5 Å². The van der Waals surface area contributed by atoms with E-state index in [4.69, 9.17) is 19.9 Å². The number of amides is 1. The lowest BCUT2D eigenvalue weighted by Crippen LogP contribution is -2.20. The minimum atomic E-state index is -0.544. The molecule has 0 spiro atoms. The molecule has 23 heavy (non-hydrogen) atoms. The van der Waals surface area contributed by atoms with Gasteiger partial charge in [-0.15, -0.1) is 0 Å². The Labute approximate surface area is 134 Å². The zero-order valence-electron chi connectivity index (χ0n) is 13.0. The molecule has 1 amide bonds. The third-order valence-electron chi connectivity index (χ3n) is 2.99. The monoisotopic (exact) mass is 314 g/mol. The second-order valence-corrected chi connectivity index (χ2v) is 4.62. The van der Waals surface area contributed by atoms with Crippen LogP contribution in [0, 0.1) is 0 Å². The van der Waals surface area contributed by atoms with Gasteiger partial charge in [0.15, 0.2) is 18.1 Å². The van der Waals surface area contributed by atoms with Crippen molar-refractivity contribution in [2.75, 3.05) is 20.8 Å². The fraction of sp³-hybridized carbons (Fsp3) is 0.176. The molecule has 0 aromatic heterocycles. The van der Waals surface area contributed by atoms with Gasteiger partial charge in [-0.1, -0.05) is 0 Å². The van der Waals surface area contributed by atoms with Crippen LogP contribution < -0.4 is 19.9 Å². The molecule has 2 aromatic carbocycles. The summed E-state index contributed by atoms with van der Waals surface area (Å²) in [4.78, 5) is 15.2. The highest BCUT2D eigenvalue weighted by Gasteiger charge is 2.06. The third kappa shape index (κ3) is 4.74. The minimum absolute atomic E-state index is 0.199. The number of nitrogens with two attached hydrogens (primary N) is 1. The SMILES string of the molecule is COc1ccc(N=Cc2ccc(OCC(N)=O)c(OC)c2)cc1. The summed E-state index contributed by atoms with van der Waals surface area (Å²) in [7, 11) is 3.14. The Kier molecular flexibility index (Phi) is 5.57. The lowest BCUT2D eigenvalue weighted by molar-refractivity contribution is -0.119. The molecular formula is C17H18N2O4. The van der Waals surface area contributed by atoms with Crippen LogP contribution in [0.3, 0.4) is 0 Å². The maximum absolute atomic E-state index is 10.8. The molecule has 2 N–H and O–H groups in total. The topological polar surface area (TPSA) is 83.1 Å². The summed E-state index contributed by atoms with van der Waals surface area (Å²) in [6.07, 6.45) is 1.71. The first-order valence-corrected chi connectivity index (χ1v) is 6.89. The number of hydrogen-bond donors (Lipinski definition) is 1. The van der Waals surface area contributed by atoms with Crippen molar-refractivity contribution in [3.8, 4) is 17.2 Å². The Morgan fingerprint density at radius 1 is 1.09 bits per heavy atom. The first-order chi connectivity index (χ1) is 11.1. The predicted molar refractivity (Wildman–Crippen MR) is 87.9 cm³/mol. The molecule has 2 rings (SSSR count). The fourth-order valence-corrected chi connectivity index (χ4v) is 1.85. The summed E-state index contributed by atoms with van der Waals surface area (Å²) < 4.78 is 15.6. The molecule has 0 radical (unpaired) electrons. The molecule has 0 saturated heterocycles. The van der Waals surface area contributed by atoms with Crippen molar-refractivity contribution in [1.82, 2.24) is 0 Å². The predicted octanol–water partition coefficient (Wildman–Crippen LogP) is 2.32. The lowest BCUT2D eigenvalue weighted by atomic mass is 10.2. The number of benzene rings is 2. The lowest BCUT2D eigenvalue weighted by Gasteiger charge is -2.09. The smallest absolute Gasteiger partial charge is 0.255 e. The van der Waals surface area contributed by atoms with Gasteiger partial charge in [0.25, 0.3) is 5.91 Å². The average Bonchev–Trinajstić information content (AvgIpc) is 2.58. The number of carbonyl (C=O) groups excluding carboxylic acids is 1. The molecule has 0 unspecified atom stereocenters. The van der Waals surface area contributed by atoms with E-state index in [1.807, 2.05) is 30.3 Å². The van der Waals surface area contributed by atoms with Gasteiger partial charge in [0.05, 0.1) is 19.9 Å². The van der Waals surface area contributed by atoms with Crippen LogP contribution in [-0.4, -0.2) is 32.9 Å². The Morgan fingerprint density at radius 3 is 2.43 bits per heavy atom. The van der Waals surface area contributed by atoms with E-state index in [1.54, 1.807) is 25.5 Å². The Morgan fingerprint density at radius 2 is 1.83 bits per heavy atom. The van der Waals surface area contributed by atoms with Gasteiger partial charge in [-0.2, -0.15) is 0 Å². The summed E-state index contributed by atoms with van der Waals surface area (Å²) in [6, 6.07) is 12.7. The van der Waals surface area contributed by atoms with Gasteiger partial charge in [-0.05, 0) is 48.0 Å². The summed E-state index contributed by atoms with van der Waals surface area (Å²) in [5.41, 5.74) is 6.70. The Bertz CT molecular complexity index is 696. The van der Waals surface area contributed by atoms with Crippen LogP contribution in [0.2, 0.25) is 0 Å². The maximum Gasteiger partial charge on any atom is 0.255 e. The standard InChI is InChI=1S/C17H18N2O4/c1-21-14-6-4-13(5-7-14)19-10-12-3-8-15(16(9-12)22-2)23-11-17(18)20/h3-10H,11H2,1-2H3,(H2,18,20). The molecule has 0 heterocycles. The van der Waals surface area contributed by atoms with E-state index in [0.717, 1.165) is 17.0 Å². The van der Waals surface area contributed by atoms with Crippen molar-refractivity contribution < 1.29 is 19.0 Å². The second-order valence-electron chi connectivity index (χ2n) is 4.62. The molecule has 2 aromatic rings. The van der Waals surface area contributed by atoms with Crippen molar-refractivity contribution in [2.45, 2.75) is 0 Å². The number of carbonyl (C=O) groups is 1. The number of aliphatic imine (C=N–C) groups is 1. The normalized spacial score (nSPS) is 10.5. The summed E-state index contributed by atoms with van der Waals surface area (Å²) in [5, 5.41) is 0. The van der Waals surface area contributed by atoms with E-state index < -0.39 is 5.91 Å². The second kappa shape index (κ2) is 7.84. The van der Waals surface area contributed by atoms with Crippen LogP contribution in [0.4, 0.5) is 5.69 Å². The van der Waals surface area contributed by atoms with Crippen LogP contribution in [0.5, 0.6) is 17.2 Å². The van der Waals surface area contributed by atoms with Crippen LogP contribution in [-0.2, 0) is 4.79 Å². The van der Waals surface area contributed by atoms with Crippen molar-refractivity contribution in [1.29, 1.82) is 0 Å². The summed E-state index contributed by atoms with van der Waals surface area (Å²) in [6.45, 7) is -0.199. The Hall–Kier alpha value is -3.02. The van der Waals surface area contributed by atoms with Crippen LogP contribution >= 0.6 is 0 Å². The van der Waals surface area contributed by atoms with Gasteiger partial charge in [0, 0.05) is 6.21 Å². The highest BCUT2D eigenvalue weighted by atomic mass is 16.5. The number of methoxy groups -OCH3 is 2. The van der Waals surface area contributed by atoms with E-state index in [2.05, 4.69) is 4.99 Å². The molecular weight excluding hydrogens is 296 g/mol. The quantitative estimate of drug-likeness (QED) is 0.795. The van der Waals surface area contributed by atoms with E-state index in [1.165, 1.54) is 7.11 Å². The minimum Gasteiger partial charge on any atom is -0.497 e. The molecule has 6 nitrogen and oxygen atoms in total. The van der Waals surface area contributed by atoms with E-state index >= 15 is 0 Å². The van der Waals surface area contributed by atoms with Gasteiger partial charge in [0.2, 0.25) is 0 Å². The molecule has 0 bridgehead atoms. The van der Waals surface area contributed by atoms with Crippen molar-refractivity contribution in [3.63, 3.8) is 0 Å². The van der Waals surface area contributed by atoms with E-state index in [-0.39, 0.29) is 6.61 Å². The zero-order chi connectivity index (χ0) is 16.7. The first-order valence-electron chi connectivity index (χ1n) is 6.89. The molecule has 6 heteroatoms. The van der Waals surface area contributed by atoms with Crippen LogP contribution in [0.25, 0.3) is 0 Å². The maximum atomic E-state index is 10.8. The van der Waals surface area contributed by atoms with Gasteiger partial charge in [0.1, 0.15) is 5.75 Å². The van der Waals surface area contributed by atoms with Crippen LogP contribution in [0.15, 0.2) is 47.5 Å². The molecule has 0 fully saturated rings. The molecule has 120 valence electrons. The fourth-order valence-electron chi connectivity index (χ4n) is 1.85.